The Morgan fingerprint density at radius 1 is 1.50 bits per heavy atom. The average molecular weight is 217 g/mol. The Kier molecular flexibility index (Phi) is 4.82. The van der Waals surface area contributed by atoms with Crippen LogP contribution in [0.15, 0.2) is 0 Å². The summed E-state index contributed by atoms with van der Waals surface area (Å²) in [5.74, 6) is -2.45. The maximum absolute atomic E-state index is 12.1. The second-order valence-corrected chi connectivity index (χ2v) is 2.90. The largest absolute Gasteiger partial charge is 0.490 e. The van der Waals surface area contributed by atoms with Crippen LogP contribution < -0.4 is 5.32 Å². The van der Waals surface area contributed by atoms with Gasteiger partial charge >= 0.3 is 12.1 Å². The summed E-state index contributed by atoms with van der Waals surface area (Å²) < 4.78 is 43.8. The first-order valence-electron chi connectivity index (χ1n) is 3.90. The summed E-state index contributed by atoms with van der Waals surface area (Å²) >= 11 is 0. The van der Waals surface area contributed by atoms with E-state index in [9.17, 15) is 17.6 Å². The third-order valence-electron chi connectivity index (χ3n) is 1.71. The van der Waals surface area contributed by atoms with E-state index in [-0.39, 0.29) is 0 Å². The smallest absolute Gasteiger partial charge is 0.475 e. The predicted octanol–water partition coefficient (Wildman–Crippen LogP) is 1.20. The zero-order valence-electron chi connectivity index (χ0n) is 7.44. The van der Waals surface area contributed by atoms with Crippen LogP contribution in [0.2, 0.25) is 0 Å². The number of hydrogen-bond donors (Lipinski definition) is 2. The van der Waals surface area contributed by atoms with Crippen LogP contribution in [0, 0.1) is 5.92 Å². The van der Waals surface area contributed by atoms with E-state index < -0.39 is 18.3 Å². The van der Waals surface area contributed by atoms with Crippen molar-refractivity contribution in [2.45, 2.75) is 19.3 Å². The maximum atomic E-state index is 12.1. The van der Waals surface area contributed by atoms with Crippen LogP contribution >= 0.6 is 0 Å². The average Bonchev–Trinajstić information content (AvgIpc) is 1.79. The zero-order valence-corrected chi connectivity index (χ0v) is 7.44. The molecule has 1 aliphatic heterocycles. The second kappa shape index (κ2) is 5.14. The predicted molar refractivity (Wildman–Crippen MR) is 40.6 cm³/mol. The lowest BCUT2D eigenvalue weighted by Crippen LogP contribution is -2.46. The monoisotopic (exact) mass is 217 g/mol. The number of aliphatic carboxylic acids is 1. The number of nitrogens with one attached hydrogen (secondary N) is 1. The van der Waals surface area contributed by atoms with Gasteiger partial charge in [0.15, 0.2) is 0 Å². The Bertz CT molecular complexity index is 189. The first-order valence-corrected chi connectivity index (χ1v) is 3.90. The van der Waals surface area contributed by atoms with Gasteiger partial charge in [0, 0.05) is 19.0 Å². The first kappa shape index (κ1) is 13.2. The van der Waals surface area contributed by atoms with E-state index in [1.807, 2.05) is 0 Å². The van der Waals surface area contributed by atoms with E-state index in [0.29, 0.717) is 5.92 Å². The topological polar surface area (TPSA) is 49.3 Å². The summed E-state index contributed by atoms with van der Waals surface area (Å²) in [5, 5.41) is 10.1. The summed E-state index contributed by atoms with van der Waals surface area (Å²) in [4.78, 5) is 8.90. The summed E-state index contributed by atoms with van der Waals surface area (Å²) in [5.41, 5.74) is 0. The van der Waals surface area contributed by atoms with E-state index in [2.05, 4.69) is 5.32 Å². The Hall–Kier alpha value is -0.850. The van der Waals surface area contributed by atoms with E-state index in [1.165, 1.54) is 0 Å². The van der Waals surface area contributed by atoms with Gasteiger partial charge in [0.05, 0.1) is 0 Å². The summed E-state index contributed by atoms with van der Waals surface area (Å²) in [6.45, 7) is 3.36. The van der Waals surface area contributed by atoms with Crippen LogP contribution in [-0.2, 0) is 4.79 Å². The fourth-order valence-electron chi connectivity index (χ4n) is 0.636. The van der Waals surface area contributed by atoms with Crippen LogP contribution in [0.1, 0.15) is 6.92 Å². The molecule has 0 aliphatic carbocycles. The van der Waals surface area contributed by atoms with E-state index in [1.54, 1.807) is 6.92 Å². The summed E-state index contributed by atoms with van der Waals surface area (Å²) in [6, 6.07) is 0. The lowest BCUT2D eigenvalue weighted by molar-refractivity contribution is -0.192. The molecule has 1 aliphatic rings. The van der Waals surface area contributed by atoms with Gasteiger partial charge in [-0.15, -0.1) is 0 Å². The van der Waals surface area contributed by atoms with Gasteiger partial charge in [-0.2, -0.15) is 13.2 Å². The minimum Gasteiger partial charge on any atom is -0.475 e. The fourth-order valence-corrected chi connectivity index (χ4v) is 0.636. The normalized spacial score (nSPS) is 18.9. The van der Waals surface area contributed by atoms with E-state index in [0.717, 1.165) is 13.1 Å². The number of hydrogen-bond acceptors (Lipinski definition) is 2. The number of halogens is 4. The van der Waals surface area contributed by atoms with Crippen molar-refractivity contribution < 1.29 is 27.5 Å². The molecule has 2 N–H and O–H groups in total. The quantitative estimate of drug-likeness (QED) is 0.649. The van der Waals surface area contributed by atoms with Crippen LogP contribution in [0.25, 0.3) is 0 Å². The SMILES string of the molecule is CC(F)C1CNC1.O=C(O)C(F)(F)F. The number of carboxylic acids is 1. The minimum atomic E-state index is -5.08. The van der Waals surface area contributed by atoms with Crippen LogP contribution in [0.4, 0.5) is 17.6 Å². The Labute approximate surface area is 78.1 Å². The van der Waals surface area contributed by atoms with Gasteiger partial charge in [0.25, 0.3) is 0 Å². The molecule has 84 valence electrons. The second-order valence-electron chi connectivity index (χ2n) is 2.90. The Morgan fingerprint density at radius 3 is 1.86 bits per heavy atom. The molecule has 1 unspecified atom stereocenters. The van der Waals surface area contributed by atoms with Gasteiger partial charge in [-0.25, -0.2) is 9.18 Å². The van der Waals surface area contributed by atoms with Crippen LogP contribution in [0.3, 0.4) is 0 Å². The van der Waals surface area contributed by atoms with Crippen molar-refractivity contribution in [1.29, 1.82) is 0 Å². The molecule has 0 saturated carbocycles. The van der Waals surface area contributed by atoms with E-state index in [4.69, 9.17) is 9.90 Å². The fraction of sp³-hybridized carbons (Fsp3) is 0.857. The molecule has 3 nitrogen and oxygen atoms in total. The molecule has 1 rings (SSSR count). The summed E-state index contributed by atoms with van der Waals surface area (Å²) in [7, 11) is 0. The molecule has 0 amide bonds. The third kappa shape index (κ3) is 5.00. The van der Waals surface area contributed by atoms with Gasteiger partial charge in [0.2, 0.25) is 0 Å². The van der Waals surface area contributed by atoms with Gasteiger partial charge in [-0.1, -0.05) is 0 Å². The zero-order chi connectivity index (χ0) is 11.4. The molecule has 7 heteroatoms. The van der Waals surface area contributed by atoms with E-state index >= 15 is 0 Å². The minimum absolute atomic E-state index is 0.306. The van der Waals surface area contributed by atoms with Crippen molar-refractivity contribution in [2.24, 2.45) is 5.92 Å². The van der Waals surface area contributed by atoms with Crippen molar-refractivity contribution in [3.05, 3.63) is 0 Å². The van der Waals surface area contributed by atoms with Crippen LogP contribution in [0.5, 0.6) is 0 Å². The van der Waals surface area contributed by atoms with Gasteiger partial charge in [0.1, 0.15) is 6.17 Å². The lowest BCUT2D eigenvalue weighted by atomic mass is 9.99. The highest BCUT2D eigenvalue weighted by Gasteiger charge is 2.38. The van der Waals surface area contributed by atoms with Crippen molar-refractivity contribution in [3.63, 3.8) is 0 Å². The molecule has 0 radical (unpaired) electrons. The third-order valence-corrected chi connectivity index (χ3v) is 1.71. The van der Waals surface area contributed by atoms with Crippen molar-refractivity contribution in [1.82, 2.24) is 5.32 Å². The summed E-state index contributed by atoms with van der Waals surface area (Å²) in [6.07, 6.45) is -5.69. The molecule has 1 saturated heterocycles. The molecule has 14 heavy (non-hydrogen) atoms. The molecular weight excluding hydrogens is 206 g/mol. The first-order chi connectivity index (χ1) is 6.25. The van der Waals surface area contributed by atoms with Gasteiger partial charge < -0.3 is 10.4 Å². The Morgan fingerprint density at radius 2 is 1.86 bits per heavy atom. The lowest BCUT2D eigenvalue weighted by Gasteiger charge is -2.27. The number of rotatable bonds is 1. The molecule has 0 aromatic heterocycles. The molecule has 0 bridgehead atoms. The molecule has 0 aromatic carbocycles. The van der Waals surface area contributed by atoms with Gasteiger partial charge in [-0.3, -0.25) is 0 Å². The molecular formula is C7H11F4NO2. The Balaban J connectivity index is 0.000000241. The highest BCUT2D eigenvalue weighted by Crippen LogP contribution is 2.13. The highest BCUT2D eigenvalue weighted by atomic mass is 19.4. The number of alkyl halides is 4. The number of carboxylic acid groups (broad SMARTS) is 1. The molecule has 1 atom stereocenters. The standard InChI is InChI=1S/C5H10FN.C2HF3O2/c1-4(6)5-2-7-3-5;3-2(4,5)1(6)7/h4-5,7H,2-3H2,1H3;(H,6,7). The molecule has 0 spiro atoms. The molecule has 1 fully saturated rings. The van der Waals surface area contributed by atoms with Crippen molar-refractivity contribution in [3.8, 4) is 0 Å². The van der Waals surface area contributed by atoms with Crippen LogP contribution in [-0.4, -0.2) is 36.5 Å². The number of carbonyl (C=O) groups is 1. The van der Waals surface area contributed by atoms with Gasteiger partial charge in [-0.05, 0) is 6.92 Å². The highest BCUT2D eigenvalue weighted by molar-refractivity contribution is 5.73. The maximum Gasteiger partial charge on any atom is 0.490 e. The molecule has 0 aromatic rings. The van der Waals surface area contributed by atoms with Crippen molar-refractivity contribution in [2.75, 3.05) is 13.1 Å². The van der Waals surface area contributed by atoms with Crippen molar-refractivity contribution >= 4 is 5.97 Å². The molecule has 1 heterocycles.